The molecule has 7 heteroatoms. The molecule has 160 valence electrons. The number of nitrogens with zero attached hydrogens (tertiary/aromatic N) is 1. The topological polar surface area (TPSA) is 72.3 Å². The van der Waals surface area contributed by atoms with Crippen molar-refractivity contribution < 1.29 is 24.0 Å². The highest BCUT2D eigenvalue weighted by molar-refractivity contribution is 5.93. The number of carbonyl (C=O) groups is 2. The Morgan fingerprint density at radius 3 is 2.37 bits per heavy atom. The lowest BCUT2D eigenvalue weighted by Gasteiger charge is -2.34. The van der Waals surface area contributed by atoms with E-state index in [1.807, 2.05) is 25.1 Å². The fourth-order valence-corrected chi connectivity index (χ4v) is 3.57. The SMILES string of the molecule is CCOC(=O)c1ccc(NC(=O)C[NH+]2CCN(c3ccccc3OCC)CC2)cc1. The Labute approximate surface area is 177 Å². The van der Waals surface area contributed by atoms with Crippen LogP contribution in [0, 0.1) is 0 Å². The van der Waals surface area contributed by atoms with Crippen LogP contribution < -0.4 is 19.9 Å². The number of rotatable bonds is 8. The van der Waals surface area contributed by atoms with Gasteiger partial charge in [0, 0.05) is 5.69 Å². The number of quaternary nitrogens is 1. The lowest BCUT2D eigenvalue weighted by Crippen LogP contribution is -3.15. The molecule has 30 heavy (non-hydrogen) atoms. The summed E-state index contributed by atoms with van der Waals surface area (Å²) < 4.78 is 10.7. The van der Waals surface area contributed by atoms with E-state index in [0.717, 1.165) is 37.6 Å². The van der Waals surface area contributed by atoms with E-state index in [0.29, 0.717) is 31.0 Å². The zero-order valence-electron chi connectivity index (χ0n) is 17.6. The smallest absolute Gasteiger partial charge is 0.338 e. The number of ether oxygens (including phenoxy) is 2. The molecule has 3 rings (SSSR count). The van der Waals surface area contributed by atoms with E-state index in [4.69, 9.17) is 9.47 Å². The summed E-state index contributed by atoms with van der Waals surface area (Å²) in [6.07, 6.45) is 0. The highest BCUT2D eigenvalue weighted by Crippen LogP contribution is 2.27. The van der Waals surface area contributed by atoms with Gasteiger partial charge < -0.3 is 24.6 Å². The lowest BCUT2D eigenvalue weighted by molar-refractivity contribution is -0.892. The molecule has 7 nitrogen and oxygen atoms in total. The average molecular weight is 413 g/mol. The molecule has 0 saturated carbocycles. The summed E-state index contributed by atoms with van der Waals surface area (Å²) in [6.45, 7) is 8.68. The van der Waals surface area contributed by atoms with E-state index in [9.17, 15) is 9.59 Å². The Morgan fingerprint density at radius 1 is 1.00 bits per heavy atom. The number of piperazine rings is 1. The Balaban J connectivity index is 1.48. The number of hydrogen-bond acceptors (Lipinski definition) is 5. The van der Waals surface area contributed by atoms with Gasteiger partial charge in [-0.05, 0) is 50.2 Å². The molecule has 1 aliphatic rings. The van der Waals surface area contributed by atoms with Gasteiger partial charge in [0.2, 0.25) is 0 Å². The van der Waals surface area contributed by atoms with Crippen molar-refractivity contribution in [1.82, 2.24) is 0 Å². The summed E-state index contributed by atoms with van der Waals surface area (Å²) in [5.74, 6) is 0.521. The molecule has 0 unspecified atom stereocenters. The predicted molar refractivity (Wildman–Crippen MR) is 116 cm³/mol. The van der Waals surface area contributed by atoms with Gasteiger partial charge in [-0.3, -0.25) is 4.79 Å². The fourth-order valence-electron chi connectivity index (χ4n) is 3.57. The van der Waals surface area contributed by atoms with Crippen molar-refractivity contribution in [3.63, 3.8) is 0 Å². The molecule has 1 amide bonds. The van der Waals surface area contributed by atoms with Gasteiger partial charge in [0.1, 0.15) is 5.75 Å². The zero-order chi connectivity index (χ0) is 21.3. The van der Waals surface area contributed by atoms with Crippen molar-refractivity contribution in [2.24, 2.45) is 0 Å². The van der Waals surface area contributed by atoms with Crippen LogP contribution in [0.5, 0.6) is 5.75 Å². The highest BCUT2D eigenvalue weighted by atomic mass is 16.5. The molecular formula is C23H30N3O4+. The maximum absolute atomic E-state index is 12.4. The van der Waals surface area contributed by atoms with E-state index < -0.39 is 0 Å². The standard InChI is InChI=1S/C23H29N3O4/c1-3-29-21-8-6-5-7-20(21)26-15-13-25(14-16-26)17-22(27)24-19-11-9-18(10-12-19)23(28)30-4-2/h5-12H,3-4,13-17H2,1-2H3,(H,24,27)/p+1. The summed E-state index contributed by atoms with van der Waals surface area (Å²) in [7, 11) is 0. The third kappa shape index (κ3) is 5.73. The first kappa shape index (κ1) is 21.6. The van der Waals surface area contributed by atoms with Crippen molar-refractivity contribution >= 4 is 23.3 Å². The number of hydrogen-bond donors (Lipinski definition) is 2. The molecule has 0 aromatic heterocycles. The van der Waals surface area contributed by atoms with Crippen LogP contribution >= 0.6 is 0 Å². The van der Waals surface area contributed by atoms with E-state index in [1.165, 1.54) is 4.90 Å². The molecule has 0 aliphatic carbocycles. The van der Waals surface area contributed by atoms with Crippen molar-refractivity contribution in [1.29, 1.82) is 0 Å². The number of anilines is 2. The van der Waals surface area contributed by atoms with E-state index in [1.54, 1.807) is 31.2 Å². The number of carbonyl (C=O) groups excluding carboxylic acids is 2. The maximum Gasteiger partial charge on any atom is 0.338 e. The number of amides is 1. The summed E-state index contributed by atoms with van der Waals surface area (Å²) in [6, 6.07) is 14.9. The molecule has 2 aromatic rings. The summed E-state index contributed by atoms with van der Waals surface area (Å²) in [5, 5.41) is 2.91. The number of esters is 1. The minimum absolute atomic E-state index is 0.0305. The minimum Gasteiger partial charge on any atom is -0.492 e. The third-order valence-electron chi connectivity index (χ3n) is 5.07. The fraction of sp³-hybridized carbons (Fsp3) is 0.391. The monoisotopic (exact) mass is 412 g/mol. The number of benzene rings is 2. The van der Waals surface area contributed by atoms with Crippen LogP contribution in [0.3, 0.4) is 0 Å². The second kappa shape index (κ2) is 10.6. The van der Waals surface area contributed by atoms with Crippen LogP contribution in [0.1, 0.15) is 24.2 Å². The van der Waals surface area contributed by atoms with Gasteiger partial charge in [0.25, 0.3) is 5.91 Å². The van der Waals surface area contributed by atoms with Crippen LogP contribution in [-0.4, -0.2) is 57.8 Å². The minimum atomic E-state index is -0.358. The summed E-state index contributed by atoms with van der Waals surface area (Å²) in [5.41, 5.74) is 2.27. The van der Waals surface area contributed by atoms with Crippen LogP contribution in [-0.2, 0) is 9.53 Å². The second-order valence-corrected chi connectivity index (χ2v) is 7.16. The predicted octanol–water partition coefficient (Wildman–Crippen LogP) is 1.61. The highest BCUT2D eigenvalue weighted by Gasteiger charge is 2.24. The third-order valence-corrected chi connectivity index (χ3v) is 5.07. The lowest BCUT2D eigenvalue weighted by atomic mass is 10.2. The van der Waals surface area contributed by atoms with Gasteiger partial charge in [-0.1, -0.05) is 12.1 Å². The van der Waals surface area contributed by atoms with Gasteiger partial charge in [-0.2, -0.15) is 0 Å². The zero-order valence-corrected chi connectivity index (χ0v) is 17.6. The molecule has 2 N–H and O–H groups in total. The van der Waals surface area contributed by atoms with Gasteiger partial charge in [0.05, 0.1) is 50.6 Å². The Bertz CT molecular complexity index is 846. The van der Waals surface area contributed by atoms with E-state index in [-0.39, 0.29) is 11.9 Å². The van der Waals surface area contributed by atoms with Crippen LogP contribution in [0.2, 0.25) is 0 Å². The second-order valence-electron chi connectivity index (χ2n) is 7.16. The number of nitrogens with one attached hydrogen (secondary N) is 2. The van der Waals surface area contributed by atoms with Crippen LogP contribution in [0.15, 0.2) is 48.5 Å². The maximum atomic E-state index is 12.4. The van der Waals surface area contributed by atoms with Gasteiger partial charge in [-0.25, -0.2) is 4.79 Å². The average Bonchev–Trinajstić information content (AvgIpc) is 2.76. The molecule has 1 aliphatic heterocycles. The summed E-state index contributed by atoms with van der Waals surface area (Å²) >= 11 is 0. The molecule has 1 saturated heterocycles. The molecule has 0 spiro atoms. The van der Waals surface area contributed by atoms with Crippen molar-refractivity contribution in [2.75, 3.05) is 56.2 Å². The van der Waals surface area contributed by atoms with E-state index in [2.05, 4.69) is 16.3 Å². The first-order valence-electron chi connectivity index (χ1n) is 10.5. The van der Waals surface area contributed by atoms with Crippen LogP contribution in [0.25, 0.3) is 0 Å². The molecule has 1 heterocycles. The molecular weight excluding hydrogens is 382 g/mol. The van der Waals surface area contributed by atoms with E-state index >= 15 is 0 Å². The molecule has 0 radical (unpaired) electrons. The molecule has 0 atom stereocenters. The Kier molecular flexibility index (Phi) is 7.68. The van der Waals surface area contributed by atoms with Gasteiger partial charge in [-0.15, -0.1) is 0 Å². The Morgan fingerprint density at radius 2 is 1.70 bits per heavy atom. The first-order valence-corrected chi connectivity index (χ1v) is 10.5. The van der Waals surface area contributed by atoms with Crippen LogP contribution in [0.4, 0.5) is 11.4 Å². The molecule has 2 aromatic carbocycles. The molecule has 1 fully saturated rings. The molecule has 0 bridgehead atoms. The quantitative estimate of drug-likeness (QED) is 0.645. The van der Waals surface area contributed by atoms with Crippen molar-refractivity contribution in [3.05, 3.63) is 54.1 Å². The van der Waals surface area contributed by atoms with Gasteiger partial charge >= 0.3 is 5.97 Å². The largest absolute Gasteiger partial charge is 0.492 e. The number of para-hydroxylation sites is 2. The van der Waals surface area contributed by atoms with Crippen molar-refractivity contribution in [2.45, 2.75) is 13.8 Å². The Hall–Kier alpha value is -3.06. The van der Waals surface area contributed by atoms with Gasteiger partial charge in [0.15, 0.2) is 6.54 Å². The normalized spacial score (nSPS) is 14.3. The first-order chi connectivity index (χ1) is 14.6. The van der Waals surface area contributed by atoms with Crippen molar-refractivity contribution in [3.8, 4) is 5.75 Å². The summed E-state index contributed by atoms with van der Waals surface area (Å²) in [4.78, 5) is 27.7.